The monoisotopic (exact) mass is 334 g/mol. The van der Waals surface area contributed by atoms with E-state index in [0.29, 0.717) is 18.2 Å². The maximum Gasteiger partial charge on any atom is 0.257 e. The number of hydrogen-bond donors (Lipinski definition) is 0. The van der Waals surface area contributed by atoms with Crippen molar-refractivity contribution < 1.29 is 13.9 Å². The molecule has 0 radical (unpaired) electrons. The normalized spacial score (nSPS) is 21.3. The van der Waals surface area contributed by atoms with Gasteiger partial charge in [-0.25, -0.2) is 4.39 Å². The summed E-state index contributed by atoms with van der Waals surface area (Å²) in [6.07, 6.45) is 2.13. The third-order valence-electron chi connectivity index (χ3n) is 3.95. The lowest BCUT2D eigenvalue weighted by molar-refractivity contribution is -0.0487. The molecular formula is C17H16ClFN2O2. The zero-order chi connectivity index (χ0) is 16.4. The number of nitrogens with zero attached hydrogens (tertiary/aromatic N) is 2. The molecule has 1 saturated heterocycles. The molecule has 2 aromatic rings. The topological polar surface area (TPSA) is 42.4 Å². The number of carbonyl (C=O) groups is 1. The molecule has 4 nitrogen and oxygen atoms in total. The van der Waals surface area contributed by atoms with Crippen LogP contribution in [-0.2, 0) is 4.74 Å². The first-order chi connectivity index (χ1) is 11.1. The highest BCUT2D eigenvalue weighted by molar-refractivity contribution is 6.31. The van der Waals surface area contributed by atoms with Crippen molar-refractivity contribution >= 4 is 17.5 Å². The number of rotatable bonds is 2. The van der Waals surface area contributed by atoms with Gasteiger partial charge in [-0.05, 0) is 19.1 Å². The van der Waals surface area contributed by atoms with Gasteiger partial charge in [0.1, 0.15) is 6.10 Å². The Balaban J connectivity index is 1.86. The van der Waals surface area contributed by atoms with Crippen molar-refractivity contribution in [2.45, 2.75) is 19.1 Å². The molecule has 0 aliphatic carbocycles. The highest BCUT2D eigenvalue weighted by atomic mass is 35.5. The lowest BCUT2D eigenvalue weighted by atomic mass is 10.0. The minimum absolute atomic E-state index is 0.0201. The van der Waals surface area contributed by atoms with E-state index in [0.717, 1.165) is 11.8 Å². The smallest absolute Gasteiger partial charge is 0.257 e. The summed E-state index contributed by atoms with van der Waals surface area (Å²) in [5, 5.41) is 0.592. The van der Waals surface area contributed by atoms with Crippen LogP contribution in [0.15, 0.2) is 42.7 Å². The Morgan fingerprint density at radius 1 is 1.39 bits per heavy atom. The zero-order valence-electron chi connectivity index (χ0n) is 12.6. The van der Waals surface area contributed by atoms with Gasteiger partial charge in [0, 0.05) is 16.8 Å². The van der Waals surface area contributed by atoms with Crippen molar-refractivity contribution in [1.82, 2.24) is 9.88 Å². The van der Waals surface area contributed by atoms with Crippen LogP contribution in [-0.4, -0.2) is 35.0 Å². The summed E-state index contributed by atoms with van der Waals surface area (Å²) in [5.41, 5.74) is 0.848. The molecule has 0 unspecified atom stereocenters. The summed E-state index contributed by atoms with van der Waals surface area (Å²) in [6.45, 7) is 2.57. The first-order valence-electron chi connectivity index (χ1n) is 7.34. The number of carbonyl (C=O) groups excluding carboxylic acids is 1. The number of morpholine rings is 1. The van der Waals surface area contributed by atoms with Crippen molar-refractivity contribution in [2.24, 2.45) is 0 Å². The van der Waals surface area contributed by atoms with Gasteiger partial charge in [-0.1, -0.05) is 29.8 Å². The van der Waals surface area contributed by atoms with E-state index in [1.807, 2.05) is 25.1 Å². The second-order valence-electron chi connectivity index (χ2n) is 5.51. The van der Waals surface area contributed by atoms with Gasteiger partial charge in [-0.15, -0.1) is 0 Å². The average molecular weight is 335 g/mol. The van der Waals surface area contributed by atoms with Crippen molar-refractivity contribution in [3.8, 4) is 0 Å². The average Bonchev–Trinajstić information content (AvgIpc) is 2.56. The van der Waals surface area contributed by atoms with E-state index < -0.39 is 5.82 Å². The molecule has 3 rings (SSSR count). The van der Waals surface area contributed by atoms with Crippen LogP contribution in [0.25, 0.3) is 0 Å². The number of pyridine rings is 1. The highest BCUT2D eigenvalue weighted by Gasteiger charge is 2.32. The third kappa shape index (κ3) is 3.21. The summed E-state index contributed by atoms with van der Waals surface area (Å²) in [4.78, 5) is 18.0. The number of ether oxygens (including phenoxy) is 1. The molecule has 6 heteroatoms. The number of amides is 1. The molecule has 1 fully saturated rings. The van der Waals surface area contributed by atoms with Gasteiger partial charge in [-0.2, -0.15) is 0 Å². The third-order valence-corrected chi connectivity index (χ3v) is 4.29. The maximum atomic E-state index is 13.8. The molecule has 120 valence electrons. The van der Waals surface area contributed by atoms with E-state index in [1.54, 1.807) is 11.0 Å². The molecule has 1 aromatic heterocycles. The standard InChI is InChI=1S/C17H16ClFN2O2/c1-11-10-23-16(12-4-2-3-5-14(12)18)9-21(11)17(22)13-6-7-20-8-15(13)19/h2-8,11,16H,9-10H2,1H3/t11-,16-/m0/s1. The van der Waals surface area contributed by atoms with Gasteiger partial charge in [0.15, 0.2) is 5.82 Å². The molecule has 0 N–H and O–H groups in total. The number of aromatic nitrogens is 1. The quantitative estimate of drug-likeness (QED) is 0.844. The predicted molar refractivity (Wildman–Crippen MR) is 84.8 cm³/mol. The van der Waals surface area contributed by atoms with E-state index in [9.17, 15) is 9.18 Å². The Labute approximate surface area is 138 Å². The van der Waals surface area contributed by atoms with E-state index in [1.165, 1.54) is 12.3 Å². The van der Waals surface area contributed by atoms with Gasteiger partial charge in [0.25, 0.3) is 5.91 Å². The lowest BCUT2D eigenvalue weighted by Crippen LogP contribution is -2.48. The molecule has 1 amide bonds. The van der Waals surface area contributed by atoms with Crippen molar-refractivity contribution in [1.29, 1.82) is 0 Å². The molecule has 2 atom stereocenters. The zero-order valence-corrected chi connectivity index (χ0v) is 13.3. The molecule has 1 aliphatic rings. The second kappa shape index (κ2) is 6.64. The van der Waals surface area contributed by atoms with Gasteiger partial charge in [0.2, 0.25) is 0 Å². The molecule has 1 aromatic carbocycles. The molecule has 23 heavy (non-hydrogen) atoms. The first-order valence-corrected chi connectivity index (χ1v) is 7.72. The molecule has 1 aliphatic heterocycles. The SMILES string of the molecule is C[C@H]1CO[C@H](c2ccccc2Cl)CN1C(=O)c1ccncc1F. The first kappa shape index (κ1) is 15.9. The maximum absolute atomic E-state index is 13.8. The fraction of sp³-hybridized carbons (Fsp3) is 0.294. The second-order valence-corrected chi connectivity index (χ2v) is 5.91. The van der Waals surface area contributed by atoms with Crippen LogP contribution in [0.4, 0.5) is 4.39 Å². The minimum atomic E-state index is -0.620. The van der Waals surface area contributed by atoms with Gasteiger partial charge in [-0.3, -0.25) is 9.78 Å². The fourth-order valence-electron chi connectivity index (χ4n) is 2.67. The van der Waals surface area contributed by atoms with Crippen molar-refractivity contribution in [3.05, 3.63) is 64.7 Å². The molecular weight excluding hydrogens is 319 g/mol. The Bertz CT molecular complexity index is 725. The summed E-state index contributed by atoms with van der Waals surface area (Å²) >= 11 is 6.21. The van der Waals surface area contributed by atoms with Gasteiger partial charge < -0.3 is 9.64 Å². The van der Waals surface area contributed by atoms with E-state index in [-0.39, 0.29) is 23.6 Å². The highest BCUT2D eigenvalue weighted by Crippen LogP contribution is 2.30. The largest absolute Gasteiger partial charge is 0.369 e. The lowest BCUT2D eigenvalue weighted by Gasteiger charge is -2.38. The Kier molecular flexibility index (Phi) is 4.59. The van der Waals surface area contributed by atoms with E-state index in [4.69, 9.17) is 16.3 Å². The molecule has 0 spiro atoms. The van der Waals surface area contributed by atoms with Crippen molar-refractivity contribution in [2.75, 3.05) is 13.2 Å². The van der Waals surface area contributed by atoms with Gasteiger partial charge in [0.05, 0.1) is 31.0 Å². The predicted octanol–water partition coefficient (Wildman–Crippen LogP) is 3.48. The number of halogens is 2. The van der Waals surface area contributed by atoms with Crippen LogP contribution in [0.1, 0.15) is 28.9 Å². The van der Waals surface area contributed by atoms with Crippen molar-refractivity contribution in [3.63, 3.8) is 0 Å². The summed E-state index contributed by atoms with van der Waals surface area (Å²) < 4.78 is 19.7. The van der Waals surface area contributed by atoms with E-state index in [2.05, 4.69) is 4.98 Å². The Morgan fingerprint density at radius 3 is 2.91 bits per heavy atom. The van der Waals surface area contributed by atoms with Crippen LogP contribution >= 0.6 is 11.6 Å². The van der Waals surface area contributed by atoms with Crippen LogP contribution in [0, 0.1) is 5.82 Å². The van der Waals surface area contributed by atoms with Crippen LogP contribution in [0.3, 0.4) is 0 Å². The molecule has 2 heterocycles. The van der Waals surface area contributed by atoms with Crippen LogP contribution in [0.5, 0.6) is 0 Å². The number of benzene rings is 1. The van der Waals surface area contributed by atoms with Crippen LogP contribution in [0.2, 0.25) is 5.02 Å². The minimum Gasteiger partial charge on any atom is -0.369 e. The summed E-state index contributed by atoms with van der Waals surface area (Å²) in [7, 11) is 0. The summed E-state index contributed by atoms with van der Waals surface area (Å²) in [5.74, 6) is -0.983. The Morgan fingerprint density at radius 2 is 2.17 bits per heavy atom. The number of hydrogen-bond acceptors (Lipinski definition) is 3. The molecule has 0 bridgehead atoms. The van der Waals surface area contributed by atoms with E-state index >= 15 is 0 Å². The molecule has 0 saturated carbocycles. The fourth-order valence-corrected chi connectivity index (χ4v) is 2.92. The summed E-state index contributed by atoms with van der Waals surface area (Å²) in [6, 6.07) is 8.62. The van der Waals surface area contributed by atoms with Gasteiger partial charge >= 0.3 is 0 Å². The van der Waals surface area contributed by atoms with Crippen LogP contribution < -0.4 is 0 Å². The Hall–Kier alpha value is -1.98.